The van der Waals surface area contributed by atoms with Crippen molar-refractivity contribution in [3.8, 4) is 5.75 Å². The number of hydrogen-bond donors (Lipinski definition) is 18. The number of thioether (sulfide) groups is 3. The van der Waals surface area contributed by atoms with Crippen LogP contribution in [0.3, 0.4) is 0 Å². The molecule has 20 N–H and O–H groups in total. The van der Waals surface area contributed by atoms with Crippen molar-refractivity contribution < 1.29 is 87.2 Å². The quantitative estimate of drug-likeness (QED) is 0.0269. The number of likely N-dealkylation sites (tertiary alicyclic amines) is 1. The second kappa shape index (κ2) is 46.7. The van der Waals surface area contributed by atoms with Gasteiger partial charge in [0, 0.05) is 89.4 Å². The van der Waals surface area contributed by atoms with E-state index in [9.17, 15) is 72.9 Å². The number of benzene rings is 4. The molecule has 2 aliphatic rings. The fraction of sp³-hybridized carbons (Fsp3) is 0.494. The zero-order valence-electron chi connectivity index (χ0n) is 69.6. The van der Waals surface area contributed by atoms with E-state index in [2.05, 4.69) is 68.5 Å². The van der Waals surface area contributed by atoms with Gasteiger partial charge in [0.15, 0.2) is 0 Å². The number of aromatic nitrogens is 2. The third kappa shape index (κ3) is 28.7. The Balaban J connectivity index is 1.05. The summed E-state index contributed by atoms with van der Waals surface area (Å²) in [7, 11) is 0. The number of carbonyl (C=O) groups excluding carboxylic acids is 13. The van der Waals surface area contributed by atoms with Gasteiger partial charge in [0.2, 0.25) is 76.8 Å². The number of carbonyl (C=O) groups is 15. The molecule has 0 aliphatic carbocycles. The molecule has 122 heavy (non-hydrogen) atoms. The summed E-state index contributed by atoms with van der Waals surface area (Å²) in [5.41, 5.74) is 16.4. The van der Waals surface area contributed by atoms with Gasteiger partial charge >= 0.3 is 11.9 Å². The summed E-state index contributed by atoms with van der Waals surface area (Å²) in [6.07, 6.45) is 2.98. The van der Waals surface area contributed by atoms with E-state index in [1.807, 2.05) is 51.3 Å². The minimum Gasteiger partial charge on any atom is -0.508 e. The van der Waals surface area contributed by atoms with Crippen molar-refractivity contribution in [2.45, 2.75) is 216 Å². The Kier molecular flexibility index (Phi) is 36.9. The predicted octanol–water partition coefficient (Wildman–Crippen LogP) is 2.95. The lowest BCUT2D eigenvalue weighted by molar-refractivity contribution is -0.143. The highest BCUT2D eigenvalue weighted by Crippen LogP contribution is 2.27. The van der Waals surface area contributed by atoms with Crippen LogP contribution in [0.5, 0.6) is 5.75 Å². The fourth-order valence-corrected chi connectivity index (χ4v) is 16.8. The molecule has 34 nitrogen and oxygen atoms in total. The van der Waals surface area contributed by atoms with Crippen molar-refractivity contribution in [3.05, 3.63) is 137 Å². The minimum absolute atomic E-state index is 0.00497. The van der Waals surface area contributed by atoms with E-state index in [4.69, 9.17) is 11.5 Å². The lowest BCUT2D eigenvalue weighted by Crippen LogP contribution is -2.61. The molecule has 0 radical (unpaired) electrons. The normalized spacial score (nSPS) is 19.6. The van der Waals surface area contributed by atoms with Crippen LogP contribution in [0.2, 0.25) is 0 Å². The van der Waals surface area contributed by atoms with Crippen LogP contribution in [0.1, 0.15) is 134 Å². The predicted molar refractivity (Wildman–Crippen MR) is 464 cm³/mol. The summed E-state index contributed by atoms with van der Waals surface area (Å²) in [4.78, 5) is 221. The SMILES string of the molecule is CC[C@H](C)[C@@H]1NC(=O)[C@H](CC(C)C)NC(=O)[C@H](C)NC(=O)[C@@H](NC(=O)[C@H](CC(C)C)NC(=O)[C@H](CCC(=O)O)NC(=O)[C@@H]2CCCN2C(=O)[C@H](Cc2c[nH]c3ccccc23)NC(=O)[C@H](Cc2c[nH]c3ccccc23)NC(=O)[C@H](CC(=O)O)NC(=O)[C@@H](Cc2ccc(O)cc2)NC(=O)[C@@H](N)CCSC)CSCc2cccc(c2)CSC[C@@H](C(N)=O)NC1=O. The van der Waals surface area contributed by atoms with Crippen LogP contribution in [0, 0.1) is 17.8 Å². The number of nitrogens with zero attached hydrogens (tertiary/aromatic N) is 1. The zero-order chi connectivity index (χ0) is 89.0. The van der Waals surface area contributed by atoms with Gasteiger partial charge in [-0.2, -0.15) is 35.3 Å². The lowest BCUT2D eigenvalue weighted by Gasteiger charge is -2.31. The van der Waals surface area contributed by atoms with Crippen molar-refractivity contribution in [2.75, 3.05) is 30.1 Å². The number of rotatable bonds is 36. The maximum absolute atomic E-state index is 15.7. The van der Waals surface area contributed by atoms with Gasteiger partial charge in [0.1, 0.15) is 78.3 Å². The molecule has 0 saturated carbocycles. The van der Waals surface area contributed by atoms with E-state index in [0.29, 0.717) is 62.2 Å². The van der Waals surface area contributed by atoms with Crippen LogP contribution < -0.4 is 70.0 Å². The zero-order valence-corrected chi connectivity index (χ0v) is 72.1. The summed E-state index contributed by atoms with van der Waals surface area (Å²) in [5, 5.41) is 61.3. The Morgan fingerprint density at radius 1 is 0.590 bits per heavy atom. The number of aliphatic carboxylic acids is 2. The molecule has 8 rings (SSSR count). The summed E-state index contributed by atoms with van der Waals surface area (Å²) in [5.74, 6) is -14.0. The molecular weight excluding hydrogens is 1630 g/mol. The Morgan fingerprint density at radius 2 is 1.16 bits per heavy atom. The first-order valence-electron chi connectivity index (χ1n) is 40.8. The summed E-state index contributed by atoms with van der Waals surface area (Å²) < 4.78 is 0. The molecule has 660 valence electrons. The molecular formula is C85H114N16O18S3. The first-order chi connectivity index (χ1) is 58.1. The lowest BCUT2D eigenvalue weighted by atomic mass is 9.96. The number of para-hydroxylation sites is 2. The smallest absolute Gasteiger partial charge is 0.305 e. The van der Waals surface area contributed by atoms with Gasteiger partial charge in [-0.15, -0.1) is 0 Å². The third-order valence-corrected chi connectivity index (χ3v) is 24.0. The van der Waals surface area contributed by atoms with E-state index in [0.717, 1.165) is 11.1 Å². The topological polar surface area (TPSA) is 536 Å². The minimum atomic E-state index is -1.91. The van der Waals surface area contributed by atoms with Crippen LogP contribution in [0.25, 0.3) is 21.8 Å². The number of H-pyrrole nitrogens is 2. The molecule has 37 heteroatoms. The second-order valence-electron chi connectivity index (χ2n) is 31.8. The Bertz CT molecular complexity index is 4700. The van der Waals surface area contributed by atoms with Crippen molar-refractivity contribution in [1.82, 2.24) is 73.4 Å². The van der Waals surface area contributed by atoms with Gasteiger partial charge in [-0.3, -0.25) is 71.9 Å². The molecule has 2 aliphatic heterocycles. The Morgan fingerprint density at radius 3 is 1.75 bits per heavy atom. The number of fused-ring (bicyclic) bond motifs is 4. The van der Waals surface area contributed by atoms with E-state index >= 15 is 14.4 Å². The van der Waals surface area contributed by atoms with Crippen LogP contribution in [-0.4, -0.2) is 228 Å². The monoisotopic (exact) mass is 1740 g/mol. The highest BCUT2D eigenvalue weighted by Gasteiger charge is 2.43. The number of aromatic hydroxyl groups is 1. The summed E-state index contributed by atoms with van der Waals surface area (Å²) in [6.45, 7) is 12.0. The number of carboxylic acids is 2. The first kappa shape index (κ1) is 96.3. The number of phenolic OH excluding ortho intramolecular Hbond substituents is 1. The van der Waals surface area contributed by atoms with E-state index < -0.39 is 192 Å². The van der Waals surface area contributed by atoms with Crippen LogP contribution >= 0.6 is 35.3 Å². The Labute approximate surface area is 720 Å². The molecule has 4 heterocycles. The highest BCUT2D eigenvalue weighted by atomic mass is 32.2. The van der Waals surface area contributed by atoms with Gasteiger partial charge in [-0.05, 0) is 127 Å². The fourth-order valence-electron chi connectivity index (χ4n) is 14.3. The molecule has 6 aromatic rings. The molecule has 14 atom stereocenters. The van der Waals surface area contributed by atoms with Crippen LogP contribution in [0.15, 0.2) is 109 Å². The standard InChI is InChI=1S/C85H114N16O18S3/c1-9-47(6)72-84(118)98-67(73(87)107)43-121-41-50-16-14-17-51(34-50)42-122-44-68(82(116)90-48(7)74(108)92-62(33-46(4)5)81(115)100-72)99-77(111)61(32-45(2)3)94-76(110)60(27-28-70(103)104)91-83(117)69-22-15-30-101(69)85(119)66(37-53-40-89-59-21-13-11-19-56(53)59)97-79(113)64(36-52-39-88-58-20-12-10-18-55(52)58)95-80(114)65(38-71(105)106)96-78(112)63(35-49-23-25-54(102)26-24-49)93-75(109)57(86)29-31-120-8/h10-14,16-21,23-26,34,39-40,45-48,57,60-69,72,88-89,102H,9,15,22,27-33,35-38,41-44,86H2,1-8H3,(H2,87,107)(H,90,116)(H,91,117)(H,92,108)(H,93,109)(H,94,110)(H,95,114)(H,96,112)(H,97,113)(H,98,118)(H,99,111)(H,100,115)(H,103,104)(H,105,106)/t47-,48-,57-,60-,61-,62-,63+,64-,65-,66-,67-,68-,69-,72-/m0/s1. The molecule has 1 saturated heterocycles. The van der Waals surface area contributed by atoms with Crippen molar-refractivity contribution in [1.29, 1.82) is 0 Å². The number of aromatic amines is 2. The van der Waals surface area contributed by atoms with Crippen LogP contribution in [-0.2, 0) is 103 Å². The van der Waals surface area contributed by atoms with Gasteiger partial charge in [0.25, 0.3) is 0 Å². The molecule has 4 aromatic carbocycles. The van der Waals surface area contributed by atoms with Gasteiger partial charge in [-0.25, -0.2) is 0 Å². The molecule has 0 spiro atoms. The third-order valence-electron chi connectivity index (χ3n) is 21.2. The number of primary amides is 1. The maximum Gasteiger partial charge on any atom is 0.305 e. The van der Waals surface area contributed by atoms with E-state index in [1.165, 1.54) is 71.4 Å². The number of nitrogens with one attached hydrogen (secondary N) is 13. The number of phenols is 1. The molecule has 13 amide bonds. The number of amides is 13. The number of nitrogens with two attached hydrogens (primary N) is 2. The van der Waals surface area contributed by atoms with Crippen molar-refractivity contribution >= 4 is 146 Å². The van der Waals surface area contributed by atoms with Crippen molar-refractivity contribution in [3.63, 3.8) is 0 Å². The summed E-state index contributed by atoms with van der Waals surface area (Å²) >= 11 is 4.02. The van der Waals surface area contributed by atoms with Gasteiger partial charge < -0.3 is 100 Å². The molecule has 1 fully saturated rings. The number of hydrogen-bond acceptors (Lipinski definition) is 20. The largest absolute Gasteiger partial charge is 0.508 e. The molecule has 0 unspecified atom stereocenters. The maximum atomic E-state index is 15.7. The van der Waals surface area contributed by atoms with Crippen LogP contribution in [0.4, 0.5) is 0 Å². The highest BCUT2D eigenvalue weighted by molar-refractivity contribution is 7.99. The van der Waals surface area contributed by atoms with Crippen molar-refractivity contribution in [2.24, 2.45) is 29.2 Å². The molecule has 2 bridgehead atoms. The first-order valence-corrected chi connectivity index (χ1v) is 44.5. The summed E-state index contributed by atoms with van der Waals surface area (Å²) in [6, 6.07) is 8.93. The Hall–Kier alpha value is -11.2. The van der Waals surface area contributed by atoms with E-state index in [1.54, 1.807) is 81.7 Å². The van der Waals surface area contributed by atoms with E-state index in [-0.39, 0.29) is 87.0 Å². The molecule has 2 aromatic heterocycles. The average molecular weight is 1740 g/mol. The number of carboxylic acid groups (broad SMARTS) is 2. The second-order valence-corrected chi connectivity index (χ2v) is 34.8. The van der Waals surface area contributed by atoms with Gasteiger partial charge in [0.05, 0.1) is 12.5 Å². The van der Waals surface area contributed by atoms with Gasteiger partial charge in [-0.1, -0.05) is 121 Å². The average Bonchev–Trinajstić information content (AvgIpc) is 1.64.